The number of nitrogens with zero attached hydrogens (tertiary/aromatic N) is 2. The Balaban J connectivity index is 1.99. The summed E-state index contributed by atoms with van der Waals surface area (Å²) < 4.78 is 2.96. The van der Waals surface area contributed by atoms with Crippen molar-refractivity contribution < 1.29 is 0 Å². The first kappa shape index (κ1) is 13.3. The molecule has 3 heteroatoms. The van der Waals surface area contributed by atoms with Gasteiger partial charge in [0, 0.05) is 16.2 Å². The Labute approximate surface area is 148 Å². The standard InChI is InChI=1S/C22H12N2S/c25-22-17-10-4-8-13-7-3-9-16(20(13)17)21-23-18-11-14-5-1-2-6-15(14)12-19(18)24(21)22/h1-12H. The molecule has 2 heterocycles. The van der Waals surface area contributed by atoms with Crippen molar-refractivity contribution >= 4 is 61.2 Å². The zero-order valence-corrected chi connectivity index (χ0v) is 14.0. The molecule has 0 aliphatic heterocycles. The molecule has 0 radical (unpaired) electrons. The summed E-state index contributed by atoms with van der Waals surface area (Å²) >= 11 is 5.88. The molecule has 0 amide bonds. The summed E-state index contributed by atoms with van der Waals surface area (Å²) in [5.74, 6) is 0. The highest BCUT2D eigenvalue weighted by Crippen LogP contribution is 2.33. The third kappa shape index (κ3) is 1.63. The van der Waals surface area contributed by atoms with Crippen LogP contribution in [0.4, 0.5) is 0 Å². The number of imidazole rings is 1. The van der Waals surface area contributed by atoms with Gasteiger partial charge in [-0.15, -0.1) is 0 Å². The van der Waals surface area contributed by atoms with Crippen molar-refractivity contribution in [2.45, 2.75) is 0 Å². The van der Waals surface area contributed by atoms with Crippen molar-refractivity contribution in [3.63, 3.8) is 0 Å². The number of benzene rings is 4. The molecule has 25 heavy (non-hydrogen) atoms. The maximum Gasteiger partial charge on any atom is 0.147 e. The summed E-state index contributed by atoms with van der Waals surface area (Å²) in [5.41, 5.74) is 3.01. The SMILES string of the molecule is S=c1c2cccc3cccc(c32)c2nc3cc4ccccc4cc3n12. The van der Waals surface area contributed by atoms with Crippen LogP contribution in [-0.4, -0.2) is 9.38 Å². The second kappa shape index (κ2) is 4.52. The molecule has 0 spiro atoms. The molecule has 0 unspecified atom stereocenters. The van der Waals surface area contributed by atoms with Gasteiger partial charge in [0.1, 0.15) is 10.3 Å². The van der Waals surface area contributed by atoms with Crippen LogP contribution in [0.15, 0.2) is 72.8 Å². The molecule has 116 valence electrons. The van der Waals surface area contributed by atoms with Gasteiger partial charge in [-0.2, -0.15) is 0 Å². The van der Waals surface area contributed by atoms with Crippen molar-refractivity contribution in [2.24, 2.45) is 0 Å². The van der Waals surface area contributed by atoms with E-state index >= 15 is 0 Å². The second-order valence-corrected chi connectivity index (χ2v) is 6.86. The first-order valence-corrected chi connectivity index (χ1v) is 8.70. The second-order valence-electron chi connectivity index (χ2n) is 6.47. The van der Waals surface area contributed by atoms with Crippen molar-refractivity contribution in [1.29, 1.82) is 0 Å². The molecule has 0 fully saturated rings. The van der Waals surface area contributed by atoms with E-state index < -0.39 is 0 Å². The molecule has 0 N–H and O–H groups in total. The van der Waals surface area contributed by atoms with Gasteiger partial charge in [-0.05, 0) is 28.3 Å². The van der Waals surface area contributed by atoms with Crippen LogP contribution in [0, 0.1) is 4.64 Å². The molecule has 4 aromatic carbocycles. The average molecular weight is 336 g/mol. The van der Waals surface area contributed by atoms with E-state index in [1.54, 1.807) is 0 Å². The van der Waals surface area contributed by atoms with Gasteiger partial charge in [-0.25, -0.2) is 4.98 Å². The van der Waals surface area contributed by atoms with Crippen LogP contribution in [0.3, 0.4) is 0 Å². The van der Waals surface area contributed by atoms with Crippen molar-refractivity contribution in [2.75, 3.05) is 0 Å². The monoisotopic (exact) mass is 336 g/mol. The molecule has 0 atom stereocenters. The van der Waals surface area contributed by atoms with E-state index in [4.69, 9.17) is 17.2 Å². The van der Waals surface area contributed by atoms with Crippen molar-refractivity contribution in [3.05, 3.63) is 77.4 Å². The first-order chi connectivity index (χ1) is 12.3. The fourth-order valence-electron chi connectivity index (χ4n) is 3.98. The Morgan fingerprint density at radius 2 is 1.40 bits per heavy atom. The molecular weight excluding hydrogens is 324 g/mol. The topological polar surface area (TPSA) is 17.3 Å². The minimum absolute atomic E-state index is 0.831. The molecule has 0 aliphatic rings. The summed E-state index contributed by atoms with van der Waals surface area (Å²) in [6.45, 7) is 0. The third-order valence-electron chi connectivity index (χ3n) is 5.10. The van der Waals surface area contributed by atoms with Crippen molar-refractivity contribution in [1.82, 2.24) is 9.38 Å². The van der Waals surface area contributed by atoms with E-state index in [0.717, 1.165) is 32.1 Å². The summed E-state index contributed by atoms with van der Waals surface area (Å²) in [6.07, 6.45) is 0. The van der Waals surface area contributed by atoms with Gasteiger partial charge in [-0.1, -0.05) is 72.9 Å². The highest BCUT2D eigenvalue weighted by molar-refractivity contribution is 7.71. The van der Waals surface area contributed by atoms with Gasteiger partial charge in [-0.3, -0.25) is 4.40 Å². The minimum Gasteiger partial charge on any atom is -0.282 e. The molecule has 6 aromatic rings. The Bertz CT molecular complexity index is 1510. The molecule has 0 saturated heterocycles. The normalized spacial score (nSPS) is 12.2. The number of pyridine rings is 1. The molecule has 2 aromatic heterocycles. The summed E-state index contributed by atoms with van der Waals surface area (Å²) in [7, 11) is 0. The van der Waals surface area contributed by atoms with Crippen LogP contribution >= 0.6 is 12.2 Å². The van der Waals surface area contributed by atoms with Crippen molar-refractivity contribution in [3.8, 4) is 0 Å². The quantitative estimate of drug-likeness (QED) is 0.311. The Morgan fingerprint density at radius 1 is 0.720 bits per heavy atom. The van der Waals surface area contributed by atoms with Crippen LogP contribution in [0.5, 0.6) is 0 Å². The van der Waals surface area contributed by atoms with Crippen LogP contribution in [0.1, 0.15) is 0 Å². The Kier molecular flexibility index (Phi) is 2.40. The van der Waals surface area contributed by atoms with E-state index in [-0.39, 0.29) is 0 Å². The molecule has 0 bridgehead atoms. The van der Waals surface area contributed by atoms with Crippen LogP contribution in [0.25, 0.3) is 49.0 Å². The van der Waals surface area contributed by atoms with Crippen LogP contribution in [0.2, 0.25) is 0 Å². The smallest absolute Gasteiger partial charge is 0.147 e. The maximum absolute atomic E-state index is 5.88. The molecular formula is C22H12N2S. The van der Waals surface area contributed by atoms with E-state index in [1.807, 2.05) is 0 Å². The van der Waals surface area contributed by atoms with Crippen LogP contribution in [-0.2, 0) is 0 Å². The lowest BCUT2D eigenvalue weighted by Gasteiger charge is -2.08. The van der Waals surface area contributed by atoms with Gasteiger partial charge in [0.2, 0.25) is 0 Å². The fraction of sp³-hybridized carbons (Fsp3) is 0. The average Bonchev–Trinajstić information content (AvgIpc) is 3.02. The Morgan fingerprint density at radius 3 is 2.20 bits per heavy atom. The lowest BCUT2D eigenvalue weighted by Crippen LogP contribution is -1.91. The highest BCUT2D eigenvalue weighted by Gasteiger charge is 2.14. The highest BCUT2D eigenvalue weighted by atomic mass is 32.1. The zero-order chi connectivity index (χ0) is 16.5. The van der Waals surface area contributed by atoms with Gasteiger partial charge in [0.15, 0.2) is 0 Å². The summed E-state index contributed by atoms with van der Waals surface area (Å²) in [6, 6.07) is 25.4. The van der Waals surface area contributed by atoms with E-state index in [1.165, 1.54) is 21.5 Å². The third-order valence-corrected chi connectivity index (χ3v) is 5.50. The van der Waals surface area contributed by atoms with Crippen LogP contribution < -0.4 is 0 Å². The van der Waals surface area contributed by atoms with Gasteiger partial charge in [0.05, 0.1) is 11.0 Å². The number of fused-ring (bicyclic) bond motifs is 5. The molecule has 0 aliphatic carbocycles. The largest absolute Gasteiger partial charge is 0.282 e. The molecule has 0 saturated carbocycles. The fourth-order valence-corrected chi connectivity index (χ4v) is 4.33. The number of hydrogen-bond acceptors (Lipinski definition) is 2. The van der Waals surface area contributed by atoms with E-state index in [9.17, 15) is 0 Å². The number of rotatable bonds is 0. The maximum atomic E-state index is 5.88. The number of aromatic nitrogens is 2. The molecule has 6 rings (SSSR count). The predicted octanol–water partition coefficient (Wildman–Crippen LogP) is 6.11. The van der Waals surface area contributed by atoms with E-state index in [2.05, 4.69) is 77.2 Å². The van der Waals surface area contributed by atoms with Gasteiger partial charge in [0.25, 0.3) is 0 Å². The lowest BCUT2D eigenvalue weighted by molar-refractivity contribution is 1.24. The zero-order valence-electron chi connectivity index (χ0n) is 13.2. The first-order valence-electron chi connectivity index (χ1n) is 8.29. The number of hydrogen-bond donors (Lipinski definition) is 0. The minimum atomic E-state index is 0.831. The Hall–Kier alpha value is -3.04. The lowest BCUT2D eigenvalue weighted by atomic mass is 10.0. The summed E-state index contributed by atoms with van der Waals surface area (Å²) in [4.78, 5) is 4.95. The van der Waals surface area contributed by atoms with E-state index in [0.29, 0.717) is 0 Å². The predicted molar refractivity (Wildman–Crippen MR) is 107 cm³/mol. The summed E-state index contributed by atoms with van der Waals surface area (Å²) in [5, 5.41) is 7.10. The molecule has 2 nitrogen and oxygen atoms in total. The van der Waals surface area contributed by atoms with Gasteiger partial charge >= 0.3 is 0 Å². The van der Waals surface area contributed by atoms with Gasteiger partial charge < -0.3 is 0 Å².